The summed E-state index contributed by atoms with van der Waals surface area (Å²) >= 11 is 0. The summed E-state index contributed by atoms with van der Waals surface area (Å²) in [7, 11) is 0. The van der Waals surface area contributed by atoms with Crippen LogP contribution in [0.25, 0.3) is 0 Å². The summed E-state index contributed by atoms with van der Waals surface area (Å²) in [5, 5.41) is 14.1. The van der Waals surface area contributed by atoms with Crippen molar-refractivity contribution >= 4 is 11.6 Å². The Hall–Kier alpha value is -2.09. The van der Waals surface area contributed by atoms with Crippen LogP contribution in [0.2, 0.25) is 0 Å². The zero-order valence-electron chi connectivity index (χ0n) is 8.88. The Morgan fingerprint density at radius 1 is 1.50 bits per heavy atom. The molecule has 1 rings (SSSR count). The first-order valence-electron chi connectivity index (χ1n) is 4.81. The summed E-state index contributed by atoms with van der Waals surface area (Å²) in [6.45, 7) is 2.41. The number of nitriles is 1. The quantitative estimate of drug-likeness (QED) is 0.752. The van der Waals surface area contributed by atoms with Crippen LogP contribution in [-0.4, -0.2) is 19.0 Å². The third-order valence-electron chi connectivity index (χ3n) is 1.92. The number of rotatable bonds is 4. The summed E-state index contributed by atoms with van der Waals surface area (Å²) in [4.78, 5) is 10.6. The maximum atomic E-state index is 13.2. The van der Waals surface area contributed by atoms with Crippen molar-refractivity contribution < 1.29 is 9.18 Å². The molecule has 0 heterocycles. The van der Waals surface area contributed by atoms with E-state index >= 15 is 0 Å². The Labute approximate surface area is 93.1 Å². The van der Waals surface area contributed by atoms with Crippen LogP contribution >= 0.6 is 0 Å². The highest BCUT2D eigenvalue weighted by Crippen LogP contribution is 2.13. The first-order valence-corrected chi connectivity index (χ1v) is 4.81. The maximum absolute atomic E-state index is 13.2. The fraction of sp³-hybridized carbons (Fsp3) is 0.273. The highest BCUT2D eigenvalue weighted by Gasteiger charge is 2.01. The lowest BCUT2D eigenvalue weighted by atomic mass is 10.2. The van der Waals surface area contributed by atoms with Gasteiger partial charge in [0.05, 0.1) is 5.56 Å². The molecule has 1 aromatic carbocycles. The highest BCUT2D eigenvalue weighted by molar-refractivity contribution is 5.72. The predicted molar refractivity (Wildman–Crippen MR) is 58.3 cm³/mol. The number of nitrogens with one attached hydrogen (secondary N) is 2. The minimum atomic E-state index is -0.549. The predicted octanol–water partition coefficient (Wildman–Crippen LogP) is 1.25. The van der Waals surface area contributed by atoms with Gasteiger partial charge in [0, 0.05) is 25.7 Å². The van der Waals surface area contributed by atoms with Crippen molar-refractivity contribution in [2.24, 2.45) is 0 Å². The van der Waals surface area contributed by atoms with Gasteiger partial charge >= 0.3 is 0 Å². The lowest BCUT2D eigenvalue weighted by Crippen LogP contribution is -2.26. The molecule has 0 unspecified atom stereocenters. The molecule has 1 amide bonds. The molecule has 0 saturated carbocycles. The van der Waals surface area contributed by atoms with Crippen LogP contribution in [0.1, 0.15) is 12.5 Å². The number of hydrogen-bond acceptors (Lipinski definition) is 3. The molecule has 0 atom stereocenters. The van der Waals surface area contributed by atoms with E-state index in [9.17, 15) is 9.18 Å². The Morgan fingerprint density at radius 2 is 2.25 bits per heavy atom. The van der Waals surface area contributed by atoms with Crippen molar-refractivity contribution in [1.82, 2.24) is 5.32 Å². The van der Waals surface area contributed by atoms with Gasteiger partial charge in [0.15, 0.2) is 0 Å². The van der Waals surface area contributed by atoms with Gasteiger partial charge in [-0.3, -0.25) is 4.79 Å². The van der Waals surface area contributed by atoms with Crippen LogP contribution < -0.4 is 10.6 Å². The Kier molecular flexibility index (Phi) is 4.28. The van der Waals surface area contributed by atoms with Crippen molar-refractivity contribution in [2.75, 3.05) is 18.4 Å². The third-order valence-corrected chi connectivity index (χ3v) is 1.92. The largest absolute Gasteiger partial charge is 0.383 e. The summed E-state index contributed by atoms with van der Waals surface area (Å²) in [6, 6.07) is 6.03. The van der Waals surface area contributed by atoms with Gasteiger partial charge in [-0.1, -0.05) is 0 Å². The molecule has 5 heteroatoms. The zero-order chi connectivity index (χ0) is 12.0. The fourth-order valence-electron chi connectivity index (χ4n) is 1.16. The van der Waals surface area contributed by atoms with Gasteiger partial charge in [0.1, 0.15) is 11.9 Å². The summed E-state index contributed by atoms with van der Waals surface area (Å²) < 4.78 is 13.2. The highest BCUT2D eigenvalue weighted by atomic mass is 19.1. The van der Waals surface area contributed by atoms with E-state index in [2.05, 4.69) is 10.6 Å². The van der Waals surface area contributed by atoms with Crippen LogP contribution in [0, 0.1) is 17.1 Å². The Bertz CT molecular complexity index is 426. The smallest absolute Gasteiger partial charge is 0.216 e. The Morgan fingerprint density at radius 3 is 2.81 bits per heavy atom. The second kappa shape index (κ2) is 5.71. The van der Waals surface area contributed by atoms with E-state index in [0.717, 1.165) is 0 Å². The summed E-state index contributed by atoms with van der Waals surface area (Å²) in [5.41, 5.74) is 0.606. The SMILES string of the molecule is CC(=O)NCCNc1ccc(C#N)c(F)c1. The normalized spacial score (nSPS) is 9.31. The van der Waals surface area contributed by atoms with Gasteiger partial charge in [0.2, 0.25) is 5.91 Å². The van der Waals surface area contributed by atoms with Crippen LogP contribution in [0.4, 0.5) is 10.1 Å². The standard InChI is InChI=1S/C11H12FN3O/c1-8(16)14-4-5-15-10-3-2-9(7-13)11(12)6-10/h2-3,6,15H,4-5H2,1H3,(H,14,16). The van der Waals surface area contributed by atoms with Gasteiger partial charge in [-0.2, -0.15) is 5.26 Å². The van der Waals surface area contributed by atoms with Crippen molar-refractivity contribution in [2.45, 2.75) is 6.92 Å². The molecule has 0 aliphatic rings. The average Bonchev–Trinajstić information content (AvgIpc) is 2.24. The van der Waals surface area contributed by atoms with Gasteiger partial charge in [-0.15, -0.1) is 0 Å². The zero-order valence-corrected chi connectivity index (χ0v) is 8.88. The fourth-order valence-corrected chi connectivity index (χ4v) is 1.16. The summed E-state index contributed by atoms with van der Waals surface area (Å²) in [5.74, 6) is -0.653. The maximum Gasteiger partial charge on any atom is 0.216 e. The van der Waals surface area contributed by atoms with Gasteiger partial charge < -0.3 is 10.6 Å². The van der Waals surface area contributed by atoms with E-state index < -0.39 is 5.82 Å². The molecule has 0 saturated heterocycles. The number of halogens is 1. The number of amides is 1. The number of carbonyl (C=O) groups is 1. The lowest BCUT2D eigenvalue weighted by Gasteiger charge is -2.07. The van der Waals surface area contributed by atoms with E-state index in [1.807, 2.05) is 0 Å². The van der Waals surface area contributed by atoms with Gasteiger partial charge in [-0.05, 0) is 18.2 Å². The van der Waals surface area contributed by atoms with Crippen molar-refractivity contribution in [3.8, 4) is 6.07 Å². The molecule has 2 N–H and O–H groups in total. The molecule has 16 heavy (non-hydrogen) atoms. The molecule has 0 aromatic heterocycles. The number of hydrogen-bond donors (Lipinski definition) is 2. The minimum absolute atomic E-state index is 0.0208. The number of nitrogens with zero attached hydrogens (tertiary/aromatic N) is 1. The first kappa shape index (κ1) is 12.0. The lowest BCUT2D eigenvalue weighted by molar-refractivity contribution is -0.118. The third kappa shape index (κ3) is 3.58. The number of anilines is 1. The second-order valence-electron chi connectivity index (χ2n) is 3.22. The topological polar surface area (TPSA) is 64.9 Å². The molecular formula is C11H12FN3O. The molecule has 4 nitrogen and oxygen atoms in total. The molecule has 0 bridgehead atoms. The van der Waals surface area contributed by atoms with Crippen LogP contribution in [0.5, 0.6) is 0 Å². The number of benzene rings is 1. The van der Waals surface area contributed by atoms with Crippen molar-refractivity contribution in [3.05, 3.63) is 29.6 Å². The van der Waals surface area contributed by atoms with Crippen molar-refractivity contribution in [3.63, 3.8) is 0 Å². The average molecular weight is 221 g/mol. The Balaban J connectivity index is 2.47. The van der Waals surface area contributed by atoms with E-state index in [-0.39, 0.29) is 11.5 Å². The molecular weight excluding hydrogens is 209 g/mol. The molecule has 0 radical (unpaired) electrons. The molecule has 0 aliphatic heterocycles. The summed E-state index contributed by atoms with van der Waals surface area (Å²) in [6.07, 6.45) is 0. The van der Waals surface area contributed by atoms with Crippen molar-refractivity contribution in [1.29, 1.82) is 5.26 Å². The van der Waals surface area contributed by atoms with E-state index in [4.69, 9.17) is 5.26 Å². The molecule has 84 valence electrons. The van der Waals surface area contributed by atoms with Crippen LogP contribution in [0.3, 0.4) is 0 Å². The molecule has 0 fully saturated rings. The molecule has 0 aliphatic carbocycles. The van der Waals surface area contributed by atoms with E-state index in [0.29, 0.717) is 18.8 Å². The van der Waals surface area contributed by atoms with E-state index in [1.54, 1.807) is 12.1 Å². The van der Waals surface area contributed by atoms with Gasteiger partial charge in [-0.25, -0.2) is 4.39 Å². The monoisotopic (exact) mass is 221 g/mol. The molecule has 0 spiro atoms. The van der Waals surface area contributed by atoms with E-state index in [1.165, 1.54) is 19.1 Å². The number of carbonyl (C=O) groups excluding carboxylic acids is 1. The van der Waals surface area contributed by atoms with Crippen LogP contribution in [-0.2, 0) is 4.79 Å². The molecule has 1 aromatic rings. The van der Waals surface area contributed by atoms with Gasteiger partial charge in [0.25, 0.3) is 0 Å². The van der Waals surface area contributed by atoms with Crippen LogP contribution in [0.15, 0.2) is 18.2 Å². The minimum Gasteiger partial charge on any atom is -0.383 e. The first-order chi connectivity index (χ1) is 7.63. The second-order valence-corrected chi connectivity index (χ2v) is 3.22.